The lowest BCUT2D eigenvalue weighted by atomic mass is 9.94. The monoisotopic (exact) mass is 333 g/mol. The molecule has 6 heteroatoms. The fourth-order valence-electron chi connectivity index (χ4n) is 2.34. The van der Waals surface area contributed by atoms with Crippen LogP contribution in [0.1, 0.15) is 12.5 Å². The van der Waals surface area contributed by atoms with Gasteiger partial charge in [0.15, 0.2) is 5.60 Å². The van der Waals surface area contributed by atoms with Crippen molar-refractivity contribution in [2.75, 3.05) is 0 Å². The molecule has 1 aromatic heterocycles. The Morgan fingerprint density at radius 3 is 2.42 bits per heavy atom. The molecule has 0 bridgehead atoms. The van der Waals surface area contributed by atoms with Crippen LogP contribution in [0.3, 0.4) is 0 Å². The molecular weight excluding hydrogens is 319 g/mol. The molecule has 0 radical (unpaired) electrons. The second kappa shape index (κ2) is 5.79. The van der Waals surface area contributed by atoms with E-state index in [4.69, 9.17) is 4.74 Å². The number of aromatic nitrogens is 1. The van der Waals surface area contributed by atoms with Crippen molar-refractivity contribution in [2.24, 2.45) is 0 Å². The number of alkyl halides is 3. The topological polar surface area (TPSA) is 42.4 Å². The first-order chi connectivity index (χ1) is 11.3. The summed E-state index contributed by atoms with van der Waals surface area (Å²) < 4.78 is 45.0. The van der Waals surface area contributed by atoms with Crippen LogP contribution < -0.4 is 4.74 Å². The molecule has 24 heavy (non-hydrogen) atoms. The third kappa shape index (κ3) is 2.92. The van der Waals surface area contributed by atoms with Crippen LogP contribution in [0.15, 0.2) is 60.8 Å². The van der Waals surface area contributed by atoms with Gasteiger partial charge >= 0.3 is 6.18 Å². The van der Waals surface area contributed by atoms with Crippen molar-refractivity contribution in [3.05, 3.63) is 66.4 Å². The van der Waals surface area contributed by atoms with Gasteiger partial charge in [-0.2, -0.15) is 13.2 Å². The maximum Gasteiger partial charge on any atom is 0.421 e. The molecule has 2 aromatic carbocycles. The first kappa shape index (κ1) is 16.3. The number of aliphatic hydroxyl groups is 1. The molecule has 3 nitrogen and oxygen atoms in total. The highest BCUT2D eigenvalue weighted by atomic mass is 19.4. The molecule has 0 aliphatic rings. The van der Waals surface area contributed by atoms with Gasteiger partial charge in [0, 0.05) is 10.9 Å². The zero-order valence-corrected chi connectivity index (χ0v) is 12.7. The minimum atomic E-state index is -4.83. The fourth-order valence-corrected chi connectivity index (χ4v) is 2.34. The average molecular weight is 333 g/mol. The Morgan fingerprint density at radius 1 is 1.00 bits per heavy atom. The second-order valence-electron chi connectivity index (χ2n) is 5.53. The number of nitrogens with zero attached hydrogens (tertiary/aromatic N) is 1. The molecule has 0 saturated heterocycles. The van der Waals surface area contributed by atoms with E-state index in [1.54, 1.807) is 12.1 Å². The van der Waals surface area contributed by atoms with Gasteiger partial charge in [-0.05, 0) is 25.1 Å². The second-order valence-corrected chi connectivity index (χ2v) is 5.53. The molecule has 0 aliphatic heterocycles. The predicted molar refractivity (Wildman–Crippen MR) is 83.9 cm³/mol. The summed E-state index contributed by atoms with van der Waals surface area (Å²) in [6.45, 7) is 0.702. The molecule has 3 aromatic rings. The van der Waals surface area contributed by atoms with Crippen LogP contribution >= 0.6 is 0 Å². The van der Waals surface area contributed by atoms with Gasteiger partial charge in [-0.1, -0.05) is 36.4 Å². The van der Waals surface area contributed by atoms with Crippen LogP contribution in [0.25, 0.3) is 10.9 Å². The molecule has 1 unspecified atom stereocenters. The summed E-state index contributed by atoms with van der Waals surface area (Å²) in [6, 6.07) is 14.5. The van der Waals surface area contributed by atoms with E-state index >= 15 is 0 Å². The lowest BCUT2D eigenvalue weighted by Crippen LogP contribution is -2.39. The number of benzene rings is 2. The summed E-state index contributed by atoms with van der Waals surface area (Å²) >= 11 is 0. The molecule has 3 rings (SSSR count). The van der Waals surface area contributed by atoms with Crippen LogP contribution in [0.2, 0.25) is 0 Å². The van der Waals surface area contributed by atoms with E-state index in [2.05, 4.69) is 4.98 Å². The predicted octanol–water partition coefficient (Wildman–Crippen LogP) is 4.80. The van der Waals surface area contributed by atoms with E-state index in [1.807, 2.05) is 24.3 Å². The molecule has 0 fully saturated rings. The number of para-hydroxylation sites is 2. The van der Waals surface area contributed by atoms with Crippen molar-refractivity contribution in [3.8, 4) is 11.5 Å². The maximum atomic E-state index is 13.1. The number of halogens is 3. The minimum Gasteiger partial charge on any atom is -0.455 e. The lowest BCUT2D eigenvalue weighted by Gasteiger charge is -2.28. The first-order valence-electron chi connectivity index (χ1n) is 7.20. The fraction of sp³-hybridized carbons (Fsp3) is 0.167. The normalized spacial score (nSPS) is 14.4. The largest absolute Gasteiger partial charge is 0.455 e. The summed E-state index contributed by atoms with van der Waals surface area (Å²) in [5.41, 5.74) is -2.63. The van der Waals surface area contributed by atoms with Crippen molar-refractivity contribution >= 4 is 10.9 Å². The highest BCUT2D eigenvalue weighted by Gasteiger charge is 2.52. The Hall–Kier alpha value is -2.60. The maximum absolute atomic E-state index is 13.1. The summed E-state index contributed by atoms with van der Waals surface area (Å²) in [5, 5.41) is 10.7. The van der Waals surface area contributed by atoms with Crippen molar-refractivity contribution in [3.63, 3.8) is 0 Å². The molecule has 0 spiro atoms. The van der Waals surface area contributed by atoms with Crippen LogP contribution in [-0.2, 0) is 5.60 Å². The summed E-state index contributed by atoms with van der Waals surface area (Å²) in [7, 11) is 0. The van der Waals surface area contributed by atoms with Crippen LogP contribution in [-0.4, -0.2) is 16.3 Å². The van der Waals surface area contributed by atoms with Gasteiger partial charge in [0.2, 0.25) is 0 Å². The molecule has 1 N–H and O–H groups in total. The number of ether oxygens (including phenoxy) is 1. The van der Waals surface area contributed by atoms with Crippen LogP contribution in [0, 0.1) is 0 Å². The zero-order valence-electron chi connectivity index (χ0n) is 12.7. The third-order valence-corrected chi connectivity index (χ3v) is 3.76. The van der Waals surface area contributed by atoms with E-state index in [0.717, 1.165) is 10.9 Å². The quantitative estimate of drug-likeness (QED) is 0.749. The van der Waals surface area contributed by atoms with Gasteiger partial charge in [-0.15, -0.1) is 0 Å². The molecule has 124 valence electrons. The first-order valence-corrected chi connectivity index (χ1v) is 7.20. The van der Waals surface area contributed by atoms with Gasteiger partial charge in [0.05, 0.1) is 11.7 Å². The van der Waals surface area contributed by atoms with Crippen LogP contribution in [0.5, 0.6) is 11.5 Å². The average Bonchev–Trinajstić information content (AvgIpc) is 2.54. The molecule has 0 aliphatic carbocycles. The molecule has 0 saturated carbocycles. The molecule has 0 amide bonds. The van der Waals surface area contributed by atoms with E-state index in [0.29, 0.717) is 12.7 Å². The van der Waals surface area contributed by atoms with Gasteiger partial charge < -0.3 is 9.84 Å². The Balaban J connectivity index is 2.01. The van der Waals surface area contributed by atoms with Gasteiger partial charge in [-0.25, -0.2) is 0 Å². The number of rotatable bonds is 3. The van der Waals surface area contributed by atoms with Crippen molar-refractivity contribution in [1.82, 2.24) is 4.98 Å². The number of pyridine rings is 1. The minimum absolute atomic E-state index is 0.0723. The van der Waals surface area contributed by atoms with E-state index in [9.17, 15) is 18.3 Å². The molecular formula is C18H14F3NO2. The van der Waals surface area contributed by atoms with Gasteiger partial charge in [0.25, 0.3) is 0 Å². The van der Waals surface area contributed by atoms with Gasteiger partial charge in [0.1, 0.15) is 11.5 Å². The summed E-state index contributed by atoms with van der Waals surface area (Å²) in [6.07, 6.45) is -3.39. The van der Waals surface area contributed by atoms with E-state index < -0.39 is 11.8 Å². The SMILES string of the molecule is CC(O)(c1ccccc1Oc1cnc2ccccc2c1)C(F)(F)F. The summed E-state index contributed by atoms with van der Waals surface area (Å²) in [4.78, 5) is 4.21. The standard InChI is InChI=1S/C18H14F3NO2/c1-17(23,18(19,20)21)14-7-3-5-9-16(14)24-13-10-12-6-2-4-8-15(12)22-11-13/h2-11,23H,1H3. The van der Waals surface area contributed by atoms with Gasteiger partial charge in [-0.3, -0.25) is 4.98 Å². The van der Waals surface area contributed by atoms with Crippen molar-refractivity contribution in [2.45, 2.75) is 18.7 Å². The molecule has 1 heterocycles. The number of hydrogen-bond acceptors (Lipinski definition) is 3. The Bertz CT molecular complexity index is 875. The Morgan fingerprint density at radius 2 is 1.67 bits per heavy atom. The number of hydrogen-bond donors (Lipinski definition) is 1. The van der Waals surface area contributed by atoms with E-state index in [-0.39, 0.29) is 11.3 Å². The van der Waals surface area contributed by atoms with Crippen molar-refractivity contribution < 1.29 is 23.0 Å². The zero-order chi connectivity index (χ0) is 17.4. The van der Waals surface area contributed by atoms with E-state index in [1.165, 1.54) is 24.4 Å². The Kier molecular flexibility index (Phi) is 3.93. The van der Waals surface area contributed by atoms with Crippen molar-refractivity contribution in [1.29, 1.82) is 0 Å². The third-order valence-electron chi connectivity index (χ3n) is 3.76. The highest BCUT2D eigenvalue weighted by molar-refractivity contribution is 5.79. The molecule has 1 atom stereocenters. The Labute approximate surface area is 136 Å². The highest BCUT2D eigenvalue weighted by Crippen LogP contribution is 2.43. The smallest absolute Gasteiger partial charge is 0.421 e. The number of fused-ring (bicyclic) bond motifs is 1. The summed E-state index contributed by atoms with van der Waals surface area (Å²) in [5.74, 6) is 0.219. The lowest BCUT2D eigenvalue weighted by molar-refractivity contribution is -0.259. The van der Waals surface area contributed by atoms with Crippen LogP contribution in [0.4, 0.5) is 13.2 Å².